The Bertz CT molecular complexity index is 523. The molecule has 0 aliphatic heterocycles. The van der Waals surface area contributed by atoms with Crippen LogP contribution in [0.15, 0.2) is 24.3 Å². The number of rotatable bonds is 3. The molecule has 1 amide bonds. The van der Waals surface area contributed by atoms with Crippen molar-refractivity contribution in [3.63, 3.8) is 0 Å². The van der Waals surface area contributed by atoms with Gasteiger partial charge in [-0.25, -0.2) is 4.79 Å². The molecule has 4 nitrogen and oxygen atoms in total. The maximum atomic E-state index is 12.3. The van der Waals surface area contributed by atoms with E-state index in [1.165, 1.54) is 26.4 Å². The summed E-state index contributed by atoms with van der Waals surface area (Å²) in [7, 11) is 1.35. The van der Waals surface area contributed by atoms with Crippen LogP contribution in [-0.4, -0.2) is 19.0 Å². The first-order valence-corrected chi connectivity index (χ1v) is 7.16. The first kappa shape index (κ1) is 13.2. The SMILES string of the molecule is COC(=O)c1ccc(NC(=O)[C@@H]2C[C@H]3CC[C@@H]2C3)cc1. The predicted molar refractivity (Wildman–Crippen MR) is 75.3 cm³/mol. The van der Waals surface area contributed by atoms with Gasteiger partial charge in [0.1, 0.15) is 0 Å². The van der Waals surface area contributed by atoms with Crippen molar-refractivity contribution in [3.05, 3.63) is 29.8 Å². The summed E-state index contributed by atoms with van der Waals surface area (Å²) in [6, 6.07) is 6.83. The molecule has 0 heterocycles. The Labute approximate surface area is 118 Å². The van der Waals surface area contributed by atoms with Crippen molar-refractivity contribution in [1.82, 2.24) is 0 Å². The average Bonchev–Trinajstić information content (AvgIpc) is 3.10. The lowest BCUT2D eigenvalue weighted by atomic mass is 9.88. The van der Waals surface area contributed by atoms with Crippen LogP contribution < -0.4 is 5.32 Å². The van der Waals surface area contributed by atoms with Gasteiger partial charge in [-0.2, -0.15) is 0 Å². The number of methoxy groups -OCH3 is 1. The molecule has 2 aliphatic carbocycles. The molecule has 0 unspecified atom stereocenters. The highest BCUT2D eigenvalue weighted by molar-refractivity contribution is 5.94. The zero-order valence-electron chi connectivity index (χ0n) is 11.6. The van der Waals surface area contributed by atoms with Crippen LogP contribution in [-0.2, 0) is 9.53 Å². The zero-order valence-corrected chi connectivity index (χ0v) is 11.6. The number of hydrogen-bond donors (Lipinski definition) is 1. The molecule has 3 atom stereocenters. The number of benzene rings is 1. The summed E-state index contributed by atoms with van der Waals surface area (Å²) in [5.41, 5.74) is 1.23. The molecule has 0 radical (unpaired) electrons. The van der Waals surface area contributed by atoms with E-state index in [0.717, 1.165) is 18.0 Å². The molecule has 2 fully saturated rings. The van der Waals surface area contributed by atoms with Crippen LogP contribution in [0.5, 0.6) is 0 Å². The smallest absolute Gasteiger partial charge is 0.337 e. The fraction of sp³-hybridized carbons (Fsp3) is 0.500. The third-order valence-corrected chi connectivity index (χ3v) is 4.65. The number of esters is 1. The van der Waals surface area contributed by atoms with Crippen LogP contribution in [0.4, 0.5) is 5.69 Å². The molecule has 20 heavy (non-hydrogen) atoms. The molecule has 106 valence electrons. The standard InChI is InChI=1S/C16H19NO3/c1-20-16(19)11-4-6-13(7-5-11)17-15(18)14-9-10-2-3-12(14)8-10/h4-7,10,12,14H,2-3,8-9H2,1H3,(H,17,18)/t10-,12+,14+/m0/s1. The highest BCUT2D eigenvalue weighted by Crippen LogP contribution is 2.48. The summed E-state index contributed by atoms with van der Waals surface area (Å²) in [5, 5.41) is 2.96. The molecule has 3 rings (SSSR count). The highest BCUT2D eigenvalue weighted by Gasteiger charge is 2.42. The van der Waals surface area contributed by atoms with Gasteiger partial charge in [-0.1, -0.05) is 6.42 Å². The Morgan fingerprint density at radius 1 is 1.15 bits per heavy atom. The zero-order chi connectivity index (χ0) is 14.1. The number of fused-ring (bicyclic) bond motifs is 2. The number of carbonyl (C=O) groups excluding carboxylic acids is 2. The Morgan fingerprint density at radius 3 is 2.45 bits per heavy atom. The minimum Gasteiger partial charge on any atom is -0.465 e. The number of amides is 1. The monoisotopic (exact) mass is 273 g/mol. The van der Waals surface area contributed by atoms with E-state index in [9.17, 15) is 9.59 Å². The first-order valence-electron chi connectivity index (χ1n) is 7.16. The van der Waals surface area contributed by atoms with Crippen LogP contribution in [0.2, 0.25) is 0 Å². The summed E-state index contributed by atoms with van der Waals surface area (Å²) >= 11 is 0. The van der Waals surface area contributed by atoms with Gasteiger partial charge in [-0.3, -0.25) is 4.79 Å². The molecule has 0 saturated heterocycles. The van der Waals surface area contributed by atoms with E-state index in [1.54, 1.807) is 24.3 Å². The predicted octanol–water partition coefficient (Wildman–Crippen LogP) is 2.85. The minimum absolute atomic E-state index is 0.128. The van der Waals surface area contributed by atoms with Gasteiger partial charge >= 0.3 is 5.97 Å². The van der Waals surface area contributed by atoms with Crippen LogP contribution in [0.1, 0.15) is 36.0 Å². The third-order valence-electron chi connectivity index (χ3n) is 4.65. The van der Waals surface area contributed by atoms with Crippen LogP contribution in [0.25, 0.3) is 0 Å². The summed E-state index contributed by atoms with van der Waals surface area (Å²) in [4.78, 5) is 23.6. The number of anilines is 1. The van der Waals surface area contributed by atoms with Crippen molar-refractivity contribution in [2.75, 3.05) is 12.4 Å². The fourth-order valence-corrected chi connectivity index (χ4v) is 3.61. The normalized spacial score (nSPS) is 27.4. The van der Waals surface area contributed by atoms with Gasteiger partial charge in [-0.05, 0) is 55.4 Å². The summed E-state index contributed by atoms with van der Waals surface area (Å²) < 4.78 is 4.65. The minimum atomic E-state index is -0.365. The van der Waals surface area contributed by atoms with E-state index in [4.69, 9.17) is 0 Å². The number of ether oxygens (including phenoxy) is 1. The lowest BCUT2D eigenvalue weighted by Crippen LogP contribution is -2.27. The van der Waals surface area contributed by atoms with Crippen LogP contribution in [0.3, 0.4) is 0 Å². The Morgan fingerprint density at radius 2 is 1.90 bits per heavy atom. The Kier molecular flexibility index (Phi) is 3.47. The van der Waals surface area contributed by atoms with Gasteiger partial charge < -0.3 is 10.1 Å². The average molecular weight is 273 g/mol. The highest BCUT2D eigenvalue weighted by atomic mass is 16.5. The summed E-state index contributed by atoms with van der Waals surface area (Å²) in [6.07, 6.45) is 4.75. The molecule has 1 aromatic carbocycles. The molecule has 2 aliphatic rings. The number of carbonyl (C=O) groups is 2. The third kappa shape index (κ3) is 2.42. The van der Waals surface area contributed by atoms with Crippen LogP contribution in [0, 0.1) is 17.8 Å². The molecule has 4 heteroatoms. The van der Waals surface area contributed by atoms with Gasteiger partial charge in [0, 0.05) is 11.6 Å². The van der Waals surface area contributed by atoms with Crippen molar-refractivity contribution >= 4 is 17.6 Å². The lowest BCUT2D eigenvalue weighted by molar-refractivity contribution is -0.121. The van der Waals surface area contributed by atoms with E-state index < -0.39 is 0 Å². The van der Waals surface area contributed by atoms with Crippen molar-refractivity contribution in [2.24, 2.45) is 17.8 Å². The maximum Gasteiger partial charge on any atom is 0.337 e. The quantitative estimate of drug-likeness (QED) is 0.862. The van der Waals surface area contributed by atoms with Gasteiger partial charge in [0.2, 0.25) is 5.91 Å². The Balaban J connectivity index is 1.63. The fourth-order valence-electron chi connectivity index (χ4n) is 3.61. The summed E-state index contributed by atoms with van der Waals surface area (Å²) in [5.74, 6) is 1.28. The summed E-state index contributed by atoms with van der Waals surface area (Å²) in [6.45, 7) is 0. The van der Waals surface area contributed by atoms with Gasteiger partial charge in [0.25, 0.3) is 0 Å². The topological polar surface area (TPSA) is 55.4 Å². The van der Waals surface area contributed by atoms with Crippen LogP contribution >= 0.6 is 0 Å². The Hall–Kier alpha value is -1.84. The molecular weight excluding hydrogens is 254 g/mol. The molecule has 0 spiro atoms. The molecule has 2 bridgehead atoms. The molecular formula is C16H19NO3. The number of nitrogens with one attached hydrogen (secondary N) is 1. The lowest BCUT2D eigenvalue weighted by Gasteiger charge is -2.20. The molecule has 1 aromatic rings. The van der Waals surface area contributed by atoms with Crippen molar-refractivity contribution < 1.29 is 14.3 Å². The van der Waals surface area contributed by atoms with Gasteiger partial charge in [-0.15, -0.1) is 0 Å². The van der Waals surface area contributed by atoms with Crippen molar-refractivity contribution in [2.45, 2.75) is 25.7 Å². The molecule has 0 aromatic heterocycles. The van der Waals surface area contributed by atoms with Gasteiger partial charge in [0.15, 0.2) is 0 Å². The van der Waals surface area contributed by atoms with E-state index in [0.29, 0.717) is 11.5 Å². The van der Waals surface area contributed by atoms with E-state index in [1.807, 2.05) is 0 Å². The van der Waals surface area contributed by atoms with Gasteiger partial charge in [0.05, 0.1) is 12.7 Å². The number of hydrogen-bond acceptors (Lipinski definition) is 3. The first-order chi connectivity index (χ1) is 9.67. The maximum absolute atomic E-state index is 12.3. The van der Waals surface area contributed by atoms with Crippen molar-refractivity contribution in [1.29, 1.82) is 0 Å². The molecule has 1 N–H and O–H groups in total. The second kappa shape index (κ2) is 5.27. The van der Waals surface area contributed by atoms with Crippen molar-refractivity contribution in [3.8, 4) is 0 Å². The largest absolute Gasteiger partial charge is 0.465 e. The molecule has 2 saturated carbocycles. The second-order valence-corrected chi connectivity index (χ2v) is 5.84. The van der Waals surface area contributed by atoms with E-state index in [2.05, 4.69) is 10.1 Å². The van der Waals surface area contributed by atoms with E-state index in [-0.39, 0.29) is 17.8 Å². The second-order valence-electron chi connectivity index (χ2n) is 5.84. The van der Waals surface area contributed by atoms with E-state index >= 15 is 0 Å².